The molecule has 28 heavy (non-hydrogen) atoms. The Bertz CT molecular complexity index is 1040. The summed E-state index contributed by atoms with van der Waals surface area (Å²) in [5.41, 5.74) is 5.42. The van der Waals surface area contributed by atoms with Crippen LogP contribution in [0.2, 0.25) is 0 Å². The van der Waals surface area contributed by atoms with Gasteiger partial charge in [0.2, 0.25) is 0 Å². The second-order valence-electron chi connectivity index (χ2n) is 6.82. The first-order valence-electron chi connectivity index (χ1n) is 9.46. The summed E-state index contributed by atoms with van der Waals surface area (Å²) in [5.74, 6) is 0.574. The monoisotopic (exact) mass is 373 g/mol. The zero-order chi connectivity index (χ0) is 19.7. The van der Waals surface area contributed by atoms with Crippen LogP contribution in [0.5, 0.6) is 0 Å². The van der Waals surface area contributed by atoms with Crippen molar-refractivity contribution in [1.29, 1.82) is 0 Å². The number of benzene rings is 2. The van der Waals surface area contributed by atoms with Crippen molar-refractivity contribution in [3.05, 3.63) is 83.2 Å². The maximum absolute atomic E-state index is 12.8. The lowest BCUT2D eigenvalue weighted by atomic mass is 9.95. The second-order valence-corrected chi connectivity index (χ2v) is 6.82. The Hall–Kier alpha value is -3.34. The molecule has 1 aliphatic rings. The topological polar surface area (TPSA) is 56.1 Å². The van der Waals surface area contributed by atoms with E-state index in [0.717, 1.165) is 33.9 Å². The average molecular weight is 373 g/mol. The van der Waals surface area contributed by atoms with Gasteiger partial charge in [-0.25, -0.2) is 9.48 Å². The lowest BCUT2D eigenvalue weighted by Gasteiger charge is -2.29. The van der Waals surface area contributed by atoms with Gasteiger partial charge in [0.15, 0.2) is 0 Å². The summed E-state index contributed by atoms with van der Waals surface area (Å²) in [6.07, 6.45) is 0. The Labute approximate surface area is 164 Å². The van der Waals surface area contributed by atoms with Gasteiger partial charge in [-0.05, 0) is 31.9 Å². The van der Waals surface area contributed by atoms with Crippen LogP contribution in [-0.4, -0.2) is 22.4 Å². The van der Waals surface area contributed by atoms with Crippen molar-refractivity contribution in [3.63, 3.8) is 0 Å². The molecule has 0 amide bonds. The Morgan fingerprint density at radius 3 is 2.36 bits per heavy atom. The van der Waals surface area contributed by atoms with Gasteiger partial charge in [-0.15, -0.1) is 0 Å². The standard InChI is InChI=1S/C23H23N3O2/c1-4-28-23(27)20-15(2)24-22-19(17-11-7-5-8-12-17)16(3)25-26(22)21(20)18-13-9-6-10-14-18/h5-14,21,24H,4H2,1-3H3/t21-/m0/s1. The van der Waals surface area contributed by atoms with E-state index in [-0.39, 0.29) is 12.0 Å². The van der Waals surface area contributed by atoms with E-state index in [2.05, 4.69) is 17.4 Å². The lowest BCUT2D eigenvalue weighted by Crippen LogP contribution is -2.29. The molecular formula is C23H23N3O2. The minimum absolute atomic E-state index is 0.318. The van der Waals surface area contributed by atoms with Crippen LogP contribution < -0.4 is 5.32 Å². The van der Waals surface area contributed by atoms with Crippen LogP contribution in [0.3, 0.4) is 0 Å². The molecule has 4 rings (SSSR count). The number of ether oxygens (including phenoxy) is 1. The number of anilines is 1. The summed E-state index contributed by atoms with van der Waals surface area (Å²) >= 11 is 0. The number of aryl methyl sites for hydroxylation is 1. The van der Waals surface area contributed by atoms with Crippen LogP contribution >= 0.6 is 0 Å². The number of nitrogens with one attached hydrogen (secondary N) is 1. The van der Waals surface area contributed by atoms with E-state index in [1.807, 2.05) is 74.0 Å². The maximum atomic E-state index is 12.8. The van der Waals surface area contributed by atoms with Crippen molar-refractivity contribution in [2.45, 2.75) is 26.8 Å². The van der Waals surface area contributed by atoms with E-state index in [0.29, 0.717) is 12.2 Å². The predicted octanol–water partition coefficient (Wildman–Crippen LogP) is 4.71. The van der Waals surface area contributed by atoms with Crippen molar-refractivity contribution in [2.75, 3.05) is 11.9 Å². The smallest absolute Gasteiger partial charge is 0.338 e. The molecule has 0 fully saturated rings. The molecule has 0 saturated carbocycles. The Kier molecular flexibility index (Phi) is 4.74. The molecule has 2 heterocycles. The van der Waals surface area contributed by atoms with Crippen LogP contribution in [-0.2, 0) is 9.53 Å². The van der Waals surface area contributed by atoms with Gasteiger partial charge in [-0.3, -0.25) is 0 Å². The van der Waals surface area contributed by atoms with Gasteiger partial charge in [0, 0.05) is 11.3 Å². The molecule has 5 nitrogen and oxygen atoms in total. The normalized spacial score (nSPS) is 15.8. The summed E-state index contributed by atoms with van der Waals surface area (Å²) in [6, 6.07) is 19.8. The highest BCUT2D eigenvalue weighted by Gasteiger charge is 2.35. The fourth-order valence-corrected chi connectivity index (χ4v) is 3.79. The molecule has 1 aromatic heterocycles. The van der Waals surface area contributed by atoms with Gasteiger partial charge >= 0.3 is 5.97 Å². The summed E-state index contributed by atoms with van der Waals surface area (Å²) in [4.78, 5) is 12.8. The summed E-state index contributed by atoms with van der Waals surface area (Å²) in [7, 11) is 0. The first kappa shape index (κ1) is 18.0. The van der Waals surface area contributed by atoms with Crippen molar-refractivity contribution >= 4 is 11.8 Å². The van der Waals surface area contributed by atoms with E-state index in [4.69, 9.17) is 9.84 Å². The largest absolute Gasteiger partial charge is 0.463 e. The Morgan fingerprint density at radius 2 is 1.71 bits per heavy atom. The number of carbonyl (C=O) groups is 1. The molecule has 142 valence electrons. The van der Waals surface area contributed by atoms with Gasteiger partial charge in [-0.2, -0.15) is 5.10 Å². The number of hydrogen-bond donors (Lipinski definition) is 1. The van der Waals surface area contributed by atoms with Gasteiger partial charge in [0.1, 0.15) is 11.9 Å². The Balaban J connectivity index is 1.93. The predicted molar refractivity (Wildman–Crippen MR) is 110 cm³/mol. The third-order valence-electron chi connectivity index (χ3n) is 4.99. The average Bonchev–Trinajstić information content (AvgIpc) is 3.03. The molecular weight excluding hydrogens is 350 g/mol. The molecule has 3 aromatic rings. The molecule has 1 N–H and O–H groups in total. The van der Waals surface area contributed by atoms with Crippen LogP contribution in [0, 0.1) is 6.92 Å². The van der Waals surface area contributed by atoms with Crippen LogP contribution in [0.1, 0.15) is 31.1 Å². The van der Waals surface area contributed by atoms with E-state index in [1.54, 1.807) is 0 Å². The highest BCUT2D eigenvalue weighted by Crippen LogP contribution is 2.42. The van der Waals surface area contributed by atoms with Crippen LogP contribution in [0.4, 0.5) is 5.82 Å². The molecule has 0 aliphatic carbocycles. The van der Waals surface area contributed by atoms with Crippen LogP contribution in [0.25, 0.3) is 11.1 Å². The number of nitrogens with zero attached hydrogens (tertiary/aromatic N) is 2. The first-order chi connectivity index (χ1) is 13.6. The third kappa shape index (κ3) is 2.99. The summed E-state index contributed by atoms with van der Waals surface area (Å²) in [5, 5.41) is 8.24. The molecule has 1 aliphatic heterocycles. The summed E-state index contributed by atoms with van der Waals surface area (Å²) in [6.45, 7) is 6.06. The highest BCUT2D eigenvalue weighted by molar-refractivity contribution is 5.93. The van der Waals surface area contributed by atoms with Crippen molar-refractivity contribution in [1.82, 2.24) is 9.78 Å². The fraction of sp³-hybridized carbons (Fsp3) is 0.217. The van der Waals surface area contributed by atoms with Crippen molar-refractivity contribution < 1.29 is 9.53 Å². The molecule has 2 aromatic carbocycles. The van der Waals surface area contributed by atoms with E-state index < -0.39 is 0 Å². The van der Waals surface area contributed by atoms with E-state index >= 15 is 0 Å². The quantitative estimate of drug-likeness (QED) is 0.673. The molecule has 0 bridgehead atoms. The van der Waals surface area contributed by atoms with Gasteiger partial charge < -0.3 is 10.1 Å². The Morgan fingerprint density at radius 1 is 1.07 bits per heavy atom. The van der Waals surface area contributed by atoms with Crippen LogP contribution in [0.15, 0.2) is 71.9 Å². The number of carbonyl (C=O) groups excluding carboxylic acids is 1. The number of aromatic nitrogens is 2. The van der Waals surface area contributed by atoms with Gasteiger partial charge in [0.05, 0.1) is 17.9 Å². The number of fused-ring (bicyclic) bond motifs is 1. The lowest BCUT2D eigenvalue weighted by molar-refractivity contribution is -0.139. The zero-order valence-electron chi connectivity index (χ0n) is 16.3. The van der Waals surface area contributed by atoms with E-state index in [9.17, 15) is 4.79 Å². The molecule has 0 unspecified atom stereocenters. The highest BCUT2D eigenvalue weighted by atomic mass is 16.5. The van der Waals surface area contributed by atoms with Gasteiger partial charge in [0.25, 0.3) is 0 Å². The molecule has 1 atom stereocenters. The zero-order valence-corrected chi connectivity index (χ0v) is 16.3. The fourth-order valence-electron chi connectivity index (χ4n) is 3.79. The summed E-state index contributed by atoms with van der Waals surface area (Å²) < 4.78 is 7.27. The minimum Gasteiger partial charge on any atom is -0.463 e. The molecule has 5 heteroatoms. The van der Waals surface area contributed by atoms with Crippen molar-refractivity contribution in [3.8, 4) is 11.1 Å². The molecule has 0 radical (unpaired) electrons. The first-order valence-corrected chi connectivity index (χ1v) is 9.46. The van der Waals surface area contributed by atoms with Crippen molar-refractivity contribution in [2.24, 2.45) is 0 Å². The number of allylic oxidation sites excluding steroid dienone is 1. The minimum atomic E-state index is -0.340. The molecule has 0 saturated heterocycles. The number of esters is 1. The maximum Gasteiger partial charge on any atom is 0.338 e. The SMILES string of the molecule is CCOC(=O)C1=C(C)Nc2c(-c3ccccc3)c(C)nn2[C@H]1c1ccccc1. The number of hydrogen-bond acceptors (Lipinski definition) is 4. The number of rotatable bonds is 4. The van der Waals surface area contributed by atoms with Gasteiger partial charge in [-0.1, -0.05) is 60.7 Å². The molecule has 0 spiro atoms. The second kappa shape index (κ2) is 7.35. The van der Waals surface area contributed by atoms with E-state index in [1.165, 1.54) is 0 Å². The third-order valence-corrected chi connectivity index (χ3v) is 4.99.